The van der Waals surface area contributed by atoms with E-state index in [1.165, 1.54) is 25.3 Å². The Bertz CT molecular complexity index is 616. The molecule has 1 aliphatic rings. The van der Waals surface area contributed by atoms with Gasteiger partial charge in [-0.2, -0.15) is 0 Å². The second kappa shape index (κ2) is 8.80. The van der Waals surface area contributed by atoms with E-state index in [-0.39, 0.29) is 23.4 Å². The third-order valence-electron chi connectivity index (χ3n) is 4.44. The second-order valence-electron chi connectivity index (χ2n) is 6.29. The van der Waals surface area contributed by atoms with Crippen molar-refractivity contribution in [3.63, 3.8) is 0 Å². The van der Waals surface area contributed by atoms with Crippen LogP contribution in [-0.2, 0) is 4.79 Å². The van der Waals surface area contributed by atoms with Gasteiger partial charge in [-0.1, -0.05) is 6.92 Å². The number of carbonyl (C=O) groups is 2. The van der Waals surface area contributed by atoms with Crippen LogP contribution in [0.25, 0.3) is 0 Å². The summed E-state index contributed by atoms with van der Waals surface area (Å²) in [6.07, 6.45) is 0.892. The Morgan fingerprint density at radius 3 is 2.56 bits per heavy atom. The fourth-order valence-corrected chi connectivity index (χ4v) is 2.75. The quantitative estimate of drug-likeness (QED) is 0.844. The molecule has 0 bridgehead atoms. The van der Waals surface area contributed by atoms with Crippen LogP contribution in [0.4, 0.5) is 4.39 Å². The molecule has 2 amide bonds. The molecule has 1 aromatic rings. The van der Waals surface area contributed by atoms with Gasteiger partial charge in [-0.15, -0.1) is 0 Å². The van der Waals surface area contributed by atoms with E-state index in [1.807, 2.05) is 18.7 Å². The molecule has 1 saturated heterocycles. The number of methoxy groups -OCH3 is 1. The van der Waals surface area contributed by atoms with Crippen molar-refractivity contribution in [2.45, 2.75) is 26.3 Å². The molecule has 138 valence electrons. The number of halogens is 1. The van der Waals surface area contributed by atoms with E-state index in [0.29, 0.717) is 38.5 Å². The first-order valence-corrected chi connectivity index (χ1v) is 8.59. The summed E-state index contributed by atoms with van der Waals surface area (Å²) in [5, 5.41) is 2.94. The normalized spacial score (nSPS) is 16.4. The number of carbonyl (C=O) groups excluding carboxylic acids is 2. The Morgan fingerprint density at radius 1 is 1.28 bits per heavy atom. The fourth-order valence-electron chi connectivity index (χ4n) is 2.75. The van der Waals surface area contributed by atoms with Gasteiger partial charge in [-0.3, -0.25) is 14.5 Å². The Kier molecular flexibility index (Phi) is 6.75. The molecule has 0 aliphatic carbocycles. The van der Waals surface area contributed by atoms with Gasteiger partial charge in [-0.25, -0.2) is 4.39 Å². The first-order valence-electron chi connectivity index (χ1n) is 8.59. The number of ether oxygens (including phenoxy) is 1. The van der Waals surface area contributed by atoms with Gasteiger partial charge < -0.3 is 15.0 Å². The third kappa shape index (κ3) is 5.16. The van der Waals surface area contributed by atoms with Crippen molar-refractivity contribution in [1.29, 1.82) is 0 Å². The average Bonchev–Trinajstić information content (AvgIpc) is 2.61. The number of hydrogen-bond acceptors (Lipinski definition) is 4. The number of nitrogens with one attached hydrogen (secondary N) is 1. The Morgan fingerprint density at radius 2 is 1.96 bits per heavy atom. The van der Waals surface area contributed by atoms with E-state index in [4.69, 9.17) is 4.74 Å². The van der Waals surface area contributed by atoms with Gasteiger partial charge in [0.15, 0.2) is 0 Å². The summed E-state index contributed by atoms with van der Waals surface area (Å²) < 4.78 is 18.6. The monoisotopic (exact) mass is 351 g/mol. The van der Waals surface area contributed by atoms with E-state index in [9.17, 15) is 14.0 Å². The predicted octanol–water partition coefficient (Wildman–Crippen LogP) is 1.51. The molecule has 1 N–H and O–H groups in total. The molecule has 0 radical (unpaired) electrons. The average molecular weight is 351 g/mol. The van der Waals surface area contributed by atoms with E-state index < -0.39 is 5.82 Å². The highest BCUT2D eigenvalue weighted by molar-refractivity contribution is 5.97. The zero-order chi connectivity index (χ0) is 18.4. The van der Waals surface area contributed by atoms with E-state index >= 15 is 0 Å². The summed E-state index contributed by atoms with van der Waals surface area (Å²) in [5.74, 6) is -0.354. The molecule has 1 fully saturated rings. The Balaban J connectivity index is 1.90. The van der Waals surface area contributed by atoms with E-state index in [0.717, 1.165) is 6.42 Å². The lowest BCUT2D eigenvalue weighted by atomic mass is 10.1. The number of piperazine rings is 1. The van der Waals surface area contributed by atoms with Crippen LogP contribution in [0.5, 0.6) is 5.75 Å². The topological polar surface area (TPSA) is 61.9 Å². The van der Waals surface area contributed by atoms with Crippen LogP contribution in [0.15, 0.2) is 18.2 Å². The fraction of sp³-hybridized carbons (Fsp3) is 0.556. The van der Waals surface area contributed by atoms with E-state index in [2.05, 4.69) is 5.32 Å². The number of amides is 2. The highest BCUT2D eigenvalue weighted by Gasteiger charge is 2.25. The summed E-state index contributed by atoms with van der Waals surface area (Å²) in [5.41, 5.74) is 0.227. The predicted molar refractivity (Wildman–Crippen MR) is 93.2 cm³/mol. The molecular formula is C18H26FN3O3. The molecule has 1 aliphatic heterocycles. The zero-order valence-corrected chi connectivity index (χ0v) is 15.0. The minimum Gasteiger partial charge on any atom is -0.496 e. The van der Waals surface area contributed by atoms with Gasteiger partial charge >= 0.3 is 0 Å². The Labute approximate surface area is 147 Å². The van der Waals surface area contributed by atoms with Gasteiger partial charge in [-0.05, 0) is 31.5 Å². The molecule has 1 heterocycles. The smallest absolute Gasteiger partial charge is 0.257 e. The van der Waals surface area contributed by atoms with Crippen molar-refractivity contribution in [1.82, 2.24) is 15.1 Å². The van der Waals surface area contributed by atoms with E-state index in [1.54, 1.807) is 4.90 Å². The van der Waals surface area contributed by atoms with Crippen LogP contribution in [0, 0.1) is 5.82 Å². The number of hydrogen-bond donors (Lipinski definition) is 1. The molecule has 7 heteroatoms. The SMILES string of the molecule is CCC(C)NC(=O)CN1CCN(C(=O)c2cc(F)ccc2OC)CC1. The van der Waals surface area contributed by atoms with Crippen LogP contribution in [-0.4, -0.2) is 67.5 Å². The molecule has 0 aromatic heterocycles. The largest absolute Gasteiger partial charge is 0.496 e. The van der Waals surface area contributed by atoms with Crippen LogP contribution in [0.1, 0.15) is 30.6 Å². The van der Waals surface area contributed by atoms with Crippen LogP contribution in [0.2, 0.25) is 0 Å². The van der Waals surface area contributed by atoms with Crippen molar-refractivity contribution in [3.05, 3.63) is 29.6 Å². The lowest BCUT2D eigenvalue weighted by Gasteiger charge is -2.34. The van der Waals surface area contributed by atoms with Gasteiger partial charge in [0.2, 0.25) is 5.91 Å². The summed E-state index contributed by atoms with van der Waals surface area (Å²) >= 11 is 0. The number of benzene rings is 1. The molecule has 1 atom stereocenters. The lowest BCUT2D eigenvalue weighted by Crippen LogP contribution is -2.51. The maximum Gasteiger partial charge on any atom is 0.257 e. The van der Waals surface area contributed by atoms with Gasteiger partial charge in [0.1, 0.15) is 11.6 Å². The molecule has 1 unspecified atom stereocenters. The molecule has 2 rings (SSSR count). The summed E-state index contributed by atoms with van der Waals surface area (Å²) in [6, 6.07) is 4.09. The molecule has 6 nitrogen and oxygen atoms in total. The first kappa shape index (κ1) is 19.2. The Hall–Kier alpha value is -2.15. The second-order valence-corrected chi connectivity index (χ2v) is 6.29. The highest BCUT2D eigenvalue weighted by Crippen LogP contribution is 2.21. The zero-order valence-electron chi connectivity index (χ0n) is 15.0. The number of rotatable bonds is 6. The van der Waals surface area contributed by atoms with Gasteiger partial charge in [0, 0.05) is 32.2 Å². The summed E-state index contributed by atoms with van der Waals surface area (Å²) in [4.78, 5) is 28.3. The van der Waals surface area contributed by atoms with Crippen molar-refractivity contribution in [3.8, 4) is 5.75 Å². The molecule has 0 spiro atoms. The summed E-state index contributed by atoms with van der Waals surface area (Å²) in [6.45, 7) is 6.53. The standard InChI is InChI=1S/C18H26FN3O3/c1-4-13(2)20-17(23)12-21-7-9-22(10-8-21)18(24)15-11-14(19)5-6-16(15)25-3/h5-6,11,13H,4,7-10,12H2,1-3H3,(H,20,23). The molecular weight excluding hydrogens is 325 g/mol. The minimum absolute atomic E-state index is 0.000858. The van der Waals surface area contributed by atoms with Crippen LogP contribution in [0.3, 0.4) is 0 Å². The van der Waals surface area contributed by atoms with Crippen molar-refractivity contribution in [2.75, 3.05) is 39.8 Å². The van der Waals surface area contributed by atoms with Crippen LogP contribution < -0.4 is 10.1 Å². The number of nitrogens with zero attached hydrogens (tertiary/aromatic N) is 2. The van der Waals surface area contributed by atoms with Gasteiger partial charge in [0.25, 0.3) is 5.91 Å². The molecule has 0 saturated carbocycles. The summed E-state index contributed by atoms with van der Waals surface area (Å²) in [7, 11) is 1.46. The van der Waals surface area contributed by atoms with Crippen LogP contribution >= 0.6 is 0 Å². The minimum atomic E-state index is -0.468. The first-order chi connectivity index (χ1) is 11.9. The maximum absolute atomic E-state index is 13.5. The third-order valence-corrected chi connectivity index (χ3v) is 4.44. The molecule has 25 heavy (non-hydrogen) atoms. The lowest BCUT2D eigenvalue weighted by molar-refractivity contribution is -0.123. The van der Waals surface area contributed by atoms with Crippen molar-refractivity contribution < 1.29 is 18.7 Å². The van der Waals surface area contributed by atoms with Crippen molar-refractivity contribution in [2.24, 2.45) is 0 Å². The van der Waals surface area contributed by atoms with Gasteiger partial charge in [0.05, 0.1) is 19.2 Å². The molecule has 1 aromatic carbocycles. The maximum atomic E-state index is 13.5. The van der Waals surface area contributed by atoms with Crippen molar-refractivity contribution >= 4 is 11.8 Å². The highest BCUT2D eigenvalue weighted by atomic mass is 19.1.